The van der Waals surface area contributed by atoms with Gasteiger partial charge in [-0.1, -0.05) is 30.3 Å². The Balaban J connectivity index is 2.70. The van der Waals surface area contributed by atoms with Crippen LogP contribution >= 0.6 is 23.6 Å². The van der Waals surface area contributed by atoms with Crippen LogP contribution in [0.2, 0.25) is 0 Å². The lowest BCUT2D eigenvalue weighted by molar-refractivity contribution is -0.140. The van der Waals surface area contributed by atoms with Crippen molar-refractivity contribution in [2.45, 2.75) is 12.5 Å². The SMILES string of the molecule is O=C(O)[C@H](Cc1ccccc1)N(Cl)Cl. The average molecular weight is 234 g/mol. The van der Waals surface area contributed by atoms with E-state index in [2.05, 4.69) is 0 Å². The van der Waals surface area contributed by atoms with Crippen LogP contribution in [0.5, 0.6) is 0 Å². The molecule has 0 amide bonds. The maximum absolute atomic E-state index is 10.7. The van der Waals surface area contributed by atoms with Gasteiger partial charge in [-0.05, 0) is 29.1 Å². The molecule has 0 spiro atoms. The molecule has 0 heterocycles. The first-order valence-electron chi connectivity index (χ1n) is 3.99. The van der Waals surface area contributed by atoms with Gasteiger partial charge in [-0.25, -0.2) is 0 Å². The topological polar surface area (TPSA) is 40.5 Å². The van der Waals surface area contributed by atoms with Gasteiger partial charge in [0.05, 0.1) is 0 Å². The van der Waals surface area contributed by atoms with Crippen LogP contribution in [0.15, 0.2) is 30.3 Å². The molecule has 1 atom stereocenters. The molecule has 0 radical (unpaired) electrons. The summed E-state index contributed by atoms with van der Waals surface area (Å²) in [6.45, 7) is 0. The molecule has 1 N–H and O–H groups in total. The summed E-state index contributed by atoms with van der Waals surface area (Å²) in [4.78, 5) is 10.7. The summed E-state index contributed by atoms with van der Waals surface area (Å²) in [5, 5.41) is 8.79. The van der Waals surface area contributed by atoms with E-state index in [9.17, 15) is 4.79 Å². The van der Waals surface area contributed by atoms with E-state index in [4.69, 9.17) is 28.7 Å². The first-order chi connectivity index (χ1) is 6.61. The molecule has 14 heavy (non-hydrogen) atoms. The highest BCUT2D eigenvalue weighted by atomic mass is 35.5. The molecule has 0 aliphatic carbocycles. The summed E-state index contributed by atoms with van der Waals surface area (Å²) in [5.74, 6) is -1.04. The van der Waals surface area contributed by atoms with Gasteiger partial charge in [0.2, 0.25) is 0 Å². The van der Waals surface area contributed by atoms with Gasteiger partial charge in [0.15, 0.2) is 0 Å². The molecule has 5 heteroatoms. The van der Waals surface area contributed by atoms with Crippen LogP contribution in [0, 0.1) is 0 Å². The van der Waals surface area contributed by atoms with E-state index in [1.165, 1.54) is 0 Å². The molecule has 1 aromatic carbocycles. The number of nitrogens with zero attached hydrogens (tertiary/aromatic N) is 1. The number of hydrogen-bond acceptors (Lipinski definition) is 2. The number of carbonyl (C=O) groups is 1. The first kappa shape index (κ1) is 11.3. The molecule has 0 aromatic heterocycles. The lowest BCUT2D eigenvalue weighted by Crippen LogP contribution is -2.31. The highest BCUT2D eigenvalue weighted by Crippen LogP contribution is 2.13. The fraction of sp³-hybridized carbons (Fsp3) is 0.222. The minimum atomic E-state index is -1.04. The van der Waals surface area contributed by atoms with Crippen molar-refractivity contribution in [1.82, 2.24) is 3.94 Å². The van der Waals surface area contributed by atoms with Gasteiger partial charge < -0.3 is 5.11 Å². The number of halogens is 2. The average Bonchev–Trinajstić information content (AvgIpc) is 2.15. The molecule has 0 unspecified atom stereocenters. The second kappa shape index (κ2) is 5.20. The Bertz CT molecular complexity index is 303. The molecule has 3 nitrogen and oxygen atoms in total. The normalized spacial score (nSPS) is 12.8. The van der Waals surface area contributed by atoms with Crippen molar-refractivity contribution in [3.8, 4) is 0 Å². The zero-order valence-electron chi connectivity index (χ0n) is 7.23. The number of benzene rings is 1. The third kappa shape index (κ3) is 3.18. The van der Waals surface area contributed by atoms with Crippen LogP contribution in [0.25, 0.3) is 0 Å². The van der Waals surface area contributed by atoms with Crippen molar-refractivity contribution in [3.05, 3.63) is 35.9 Å². The van der Waals surface area contributed by atoms with E-state index in [1.54, 1.807) is 0 Å². The van der Waals surface area contributed by atoms with E-state index in [0.717, 1.165) is 5.56 Å². The van der Waals surface area contributed by atoms with Gasteiger partial charge in [-0.2, -0.15) is 0 Å². The van der Waals surface area contributed by atoms with Crippen molar-refractivity contribution in [2.75, 3.05) is 0 Å². The van der Waals surface area contributed by atoms with E-state index < -0.39 is 12.0 Å². The monoisotopic (exact) mass is 233 g/mol. The van der Waals surface area contributed by atoms with E-state index >= 15 is 0 Å². The van der Waals surface area contributed by atoms with Crippen molar-refractivity contribution < 1.29 is 9.90 Å². The fourth-order valence-corrected chi connectivity index (χ4v) is 1.38. The van der Waals surface area contributed by atoms with Gasteiger partial charge >= 0.3 is 5.97 Å². The lowest BCUT2D eigenvalue weighted by atomic mass is 10.1. The first-order valence-corrected chi connectivity index (χ1v) is 4.66. The third-order valence-electron chi connectivity index (χ3n) is 1.79. The van der Waals surface area contributed by atoms with E-state index in [-0.39, 0.29) is 6.42 Å². The molecular formula is C9H9Cl2NO2. The summed E-state index contributed by atoms with van der Waals surface area (Å²) >= 11 is 10.8. The quantitative estimate of drug-likeness (QED) is 0.812. The number of hydrogen-bond donors (Lipinski definition) is 1. The number of carboxylic acids is 1. The molecule has 1 rings (SSSR count). The Morgan fingerprint density at radius 3 is 2.36 bits per heavy atom. The van der Waals surface area contributed by atoms with Gasteiger partial charge in [0.25, 0.3) is 0 Å². The van der Waals surface area contributed by atoms with Crippen LogP contribution in [0.3, 0.4) is 0 Å². The highest BCUT2D eigenvalue weighted by Gasteiger charge is 2.23. The minimum Gasteiger partial charge on any atom is -0.480 e. The van der Waals surface area contributed by atoms with Crippen molar-refractivity contribution in [3.63, 3.8) is 0 Å². The van der Waals surface area contributed by atoms with Crippen molar-refractivity contribution in [1.29, 1.82) is 0 Å². The fourth-order valence-electron chi connectivity index (χ4n) is 1.08. The number of aliphatic carboxylic acids is 1. The van der Waals surface area contributed by atoms with Crippen LogP contribution in [0.4, 0.5) is 0 Å². The van der Waals surface area contributed by atoms with Crippen LogP contribution < -0.4 is 0 Å². The zero-order valence-corrected chi connectivity index (χ0v) is 8.74. The Hall–Kier alpha value is -0.770. The summed E-state index contributed by atoms with van der Waals surface area (Å²) in [6, 6.07) is 8.27. The van der Waals surface area contributed by atoms with Crippen LogP contribution in [-0.2, 0) is 11.2 Å². The predicted molar refractivity (Wildman–Crippen MR) is 55.1 cm³/mol. The number of rotatable bonds is 4. The molecule has 0 saturated heterocycles. The Kier molecular flexibility index (Phi) is 4.20. The van der Waals surface area contributed by atoms with Gasteiger partial charge in [-0.3, -0.25) is 4.79 Å². The Labute approximate surface area is 92.1 Å². The molecule has 0 saturated carbocycles. The lowest BCUT2D eigenvalue weighted by Gasteiger charge is -2.14. The summed E-state index contributed by atoms with van der Waals surface area (Å²) < 4.78 is 0.662. The summed E-state index contributed by atoms with van der Waals surface area (Å²) in [5.41, 5.74) is 0.881. The van der Waals surface area contributed by atoms with Gasteiger partial charge in [0.1, 0.15) is 6.04 Å². The van der Waals surface area contributed by atoms with Crippen LogP contribution in [-0.4, -0.2) is 21.1 Å². The number of carboxylic acid groups (broad SMARTS) is 1. The molecule has 0 bridgehead atoms. The van der Waals surface area contributed by atoms with Gasteiger partial charge in [0, 0.05) is 6.42 Å². The molecule has 0 aliphatic heterocycles. The third-order valence-corrected chi connectivity index (χ3v) is 2.26. The Morgan fingerprint density at radius 1 is 1.36 bits per heavy atom. The highest BCUT2D eigenvalue weighted by molar-refractivity contribution is 6.34. The van der Waals surface area contributed by atoms with Crippen LogP contribution in [0.1, 0.15) is 5.56 Å². The van der Waals surface area contributed by atoms with E-state index in [0.29, 0.717) is 3.94 Å². The second-order valence-corrected chi connectivity index (χ2v) is 3.70. The molecule has 1 aromatic rings. The Morgan fingerprint density at radius 2 is 1.93 bits per heavy atom. The maximum atomic E-state index is 10.7. The summed E-state index contributed by atoms with van der Waals surface area (Å²) in [7, 11) is 0. The maximum Gasteiger partial charge on any atom is 0.324 e. The summed E-state index contributed by atoms with van der Waals surface area (Å²) in [6.07, 6.45) is 0.281. The standard InChI is InChI=1S/C9H9Cl2NO2/c10-12(11)8(9(13)14)6-7-4-2-1-3-5-7/h1-5,8H,6H2,(H,13,14)/t8-/m0/s1. The van der Waals surface area contributed by atoms with E-state index in [1.807, 2.05) is 30.3 Å². The zero-order chi connectivity index (χ0) is 10.6. The largest absolute Gasteiger partial charge is 0.480 e. The second-order valence-electron chi connectivity index (χ2n) is 2.80. The predicted octanol–water partition coefficient (Wildman–Crippen LogP) is 2.29. The van der Waals surface area contributed by atoms with Crippen molar-refractivity contribution >= 4 is 29.5 Å². The van der Waals surface area contributed by atoms with Gasteiger partial charge in [-0.15, -0.1) is 3.94 Å². The molecular weight excluding hydrogens is 225 g/mol. The molecule has 76 valence electrons. The smallest absolute Gasteiger partial charge is 0.324 e. The minimum absolute atomic E-state index is 0.281. The molecule has 0 fully saturated rings. The molecule has 0 aliphatic rings. The van der Waals surface area contributed by atoms with Crippen molar-refractivity contribution in [2.24, 2.45) is 0 Å².